The molecule has 1 heterocycles. The van der Waals surface area contributed by atoms with Gasteiger partial charge in [-0.15, -0.1) is 12.4 Å². The zero-order valence-corrected chi connectivity index (χ0v) is 13.7. The SMILES string of the molecule is CNC1CCCN(Cc2ccc(OC)c(OC(F)F)c2)C1.Cl. The molecule has 4 nitrogen and oxygen atoms in total. The largest absolute Gasteiger partial charge is 0.493 e. The van der Waals surface area contributed by atoms with E-state index in [1.54, 1.807) is 12.1 Å². The highest BCUT2D eigenvalue weighted by atomic mass is 35.5. The number of hydrogen-bond donors (Lipinski definition) is 1. The Balaban J connectivity index is 0.00000242. The number of piperidine rings is 1. The fourth-order valence-corrected chi connectivity index (χ4v) is 2.70. The maximum atomic E-state index is 12.4. The van der Waals surface area contributed by atoms with Crippen molar-refractivity contribution < 1.29 is 18.3 Å². The minimum Gasteiger partial charge on any atom is -0.493 e. The molecule has 0 radical (unpaired) electrons. The van der Waals surface area contributed by atoms with Gasteiger partial charge in [0, 0.05) is 19.1 Å². The molecule has 22 heavy (non-hydrogen) atoms. The Hall–Kier alpha value is -1.11. The average Bonchev–Trinajstić information content (AvgIpc) is 2.47. The number of halogens is 3. The third kappa shape index (κ3) is 5.26. The Bertz CT molecular complexity index is 463. The number of rotatable bonds is 6. The Labute approximate surface area is 136 Å². The monoisotopic (exact) mass is 336 g/mol. The van der Waals surface area contributed by atoms with Crippen molar-refractivity contribution in [3.63, 3.8) is 0 Å². The lowest BCUT2D eigenvalue weighted by atomic mass is 10.0. The first-order chi connectivity index (χ1) is 10.1. The molecule has 1 fully saturated rings. The summed E-state index contributed by atoms with van der Waals surface area (Å²) >= 11 is 0. The lowest BCUT2D eigenvalue weighted by molar-refractivity contribution is -0.0512. The fourth-order valence-electron chi connectivity index (χ4n) is 2.70. The van der Waals surface area contributed by atoms with E-state index in [1.807, 2.05) is 13.1 Å². The van der Waals surface area contributed by atoms with Crippen molar-refractivity contribution in [2.24, 2.45) is 0 Å². The molecular weight excluding hydrogens is 314 g/mol. The van der Waals surface area contributed by atoms with Crippen molar-refractivity contribution in [3.05, 3.63) is 23.8 Å². The highest BCUT2D eigenvalue weighted by Gasteiger charge is 2.19. The van der Waals surface area contributed by atoms with Crippen molar-refractivity contribution in [2.75, 3.05) is 27.2 Å². The smallest absolute Gasteiger partial charge is 0.387 e. The zero-order chi connectivity index (χ0) is 15.2. The Morgan fingerprint density at radius 1 is 1.36 bits per heavy atom. The van der Waals surface area contributed by atoms with Crippen LogP contribution >= 0.6 is 12.4 Å². The quantitative estimate of drug-likeness (QED) is 0.866. The van der Waals surface area contributed by atoms with Crippen LogP contribution in [0.1, 0.15) is 18.4 Å². The Morgan fingerprint density at radius 2 is 2.14 bits per heavy atom. The number of methoxy groups -OCH3 is 1. The van der Waals surface area contributed by atoms with Gasteiger partial charge in [0.2, 0.25) is 0 Å². The summed E-state index contributed by atoms with van der Waals surface area (Å²) in [5, 5.41) is 3.29. The van der Waals surface area contributed by atoms with Crippen LogP contribution in [0.15, 0.2) is 18.2 Å². The van der Waals surface area contributed by atoms with Gasteiger partial charge in [-0.05, 0) is 44.1 Å². The van der Waals surface area contributed by atoms with E-state index in [0.717, 1.165) is 31.6 Å². The standard InChI is InChI=1S/C15H22F2N2O2.ClH/c1-18-12-4-3-7-19(10-12)9-11-5-6-13(20-2)14(8-11)21-15(16)17;/h5-6,8,12,15,18H,3-4,7,9-10H2,1-2H3;1H. The van der Waals surface area contributed by atoms with E-state index in [2.05, 4.69) is 15.0 Å². The van der Waals surface area contributed by atoms with Crippen LogP contribution in [0.4, 0.5) is 8.78 Å². The first-order valence-corrected chi connectivity index (χ1v) is 7.13. The predicted molar refractivity (Wildman–Crippen MR) is 84.2 cm³/mol. The van der Waals surface area contributed by atoms with Gasteiger partial charge in [0.15, 0.2) is 11.5 Å². The van der Waals surface area contributed by atoms with E-state index < -0.39 is 6.61 Å². The molecule has 1 unspecified atom stereocenters. The van der Waals surface area contributed by atoms with Gasteiger partial charge < -0.3 is 14.8 Å². The molecule has 1 aliphatic rings. The molecule has 126 valence electrons. The average molecular weight is 337 g/mol. The molecule has 0 spiro atoms. The molecule has 0 bridgehead atoms. The van der Waals surface area contributed by atoms with Crippen molar-refractivity contribution in [2.45, 2.75) is 32.0 Å². The van der Waals surface area contributed by atoms with Crippen LogP contribution in [0, 0.1) is 0 Å². The topological polar surface area (TPSA) is 33.7 Å². The molecule has 1 saturated heterocycles. The van der Waals surface area contributed by atoms with Gasteiger partial charge >= 0.3 is 6.61 Å². The van der Waals surface area contributed by atoms with Gasteiger partial charge in [-0.25, -0.2) is 0 Å². The number of likely N-dealkylation sites (N-methyl/N-ethyl adjacent to an activating group) is 1. The first kappa shape index (κ1) is 18.9. The fraction of sp³-hybridized carbons (Fsp3) is 0.600. The lowest BCUT2D eigenvalue weighted by Crippen LogP contribution is -2.43. The van der Waals surface area contributed by atoms with E-state index in [0.29, 0.717) is 11.8 Å². The maximum absolute atomic E-state index is 12.4. The normalized spacial score (nSPS) is 18.9. The second-order valence-electron chi connectivity index (χ2n) is 5.23. The van der Waals surface area contributed by atoms with Crippen LogP contribution in [0.2, 0.25) is 0 Å². The summed E-state index contributed by atoms with van der Waals surface area (Å²) in [7, 11) is 3.41. The van der Waals surface area contributed by atoms with Gasteiger partial charge in [0.05, 0.1) is 7.11 Å². The summed E-state index contributed by atoms with van der Waals surface area (Å²) in [6.45, 7) is -0.136. The van der Waals surface area contributed by atoms with E-state index in [-0.39, 0.29) is 18.2 Å². The highest BCUT2D eigenvalue weighted by molar-refractivity contribution is 5.85. The number of alkyl halides is 2. The molecule has 0 amide bonds. The number of hydrogen-bond acceptors (Lipinski definition) is 4. The van der Waals surface area contributed by atoms with Crippen LogP contribution in [-0.4, -0.2) is 44.8 Å². The molecule has 0 aliphatic carbocycles. The predicted octanol–water partition coefficient (Wildman–Crippen LogP) is 2.90. The summed E-state index contributed by atoms with van der Waals surface area (Å²) in [6.07, 6.45) is 2.32. The lowest BCUT2D eigenvalue weighted by Gasteiger charge is -2.32. The van der Waals surface area contributed by atoms with Crippen molar-refractivity contribution in [1.29, 1.82) is 0 Å². The van der Waals surface area contributed by atoms with E-state index in [4.69, 9.17) is 4.74 Å². The number of nitrogens with one attached hydrogen (secondary N) is 1. The molecule has 2 rings (SSSR count). The summed E-state index contributed by atoms with van der Waals surface area (Å²) in [4.78, 5) is 2.32. The Morgan fingerprint density at radius 3 is 2.77 bits per heavy atom. The minimum absolute atomic E-state index is 0. The molecule has 1 atom stereocenters. The molecule has 1 aliphatic heterocycles. The van der Waals surface area contributed by atoms with Gasteiger partial charge in [0.25, 0.3) is 0 Å². The number of likely N-dealkylation sites (tertiary alicyclic amines) is 1. The molecule has 1 N–H and O–H groups in total. The van der Waals surface area contributed by atoms with E-state index in [1.165, 1.54) is 13.5 Å². The summed E-state index contributed by atoms with van der Waals surface area (Å²) in [5.41, 5.74) is 0.947. The zero-order valence-electron chi connectivity index (χ0n) is 12.9. The molecule has 7 heteroatoms. The first-order valence-electron chi connectivity index (χ1n) is 7.13. The van der Waals surface area contributed by atoms with Crippen molar-refractivity contribution in [3.8, 4) is 11.5 Å². The van der Waals surface area contributed by atoms with Gasteiger partial charge in [-0.1, -0.05) is 6.07 Å². The van der Waals surface area contributed by atoms with Crippen LogP contribution in [-0.2, 0) is 6.54 Å². The highest BCUT2D eigenvalue weighted by Crippen LogP contribution is 2.30. The molecule has 0 saturated carbocycles. The van der Waals surface area contributed by atoms with Crippen molar-refractivity contribution >= 4 is 12.4 Å². The van der Waals surface area contributed by atoms with E-state index in [9.17, 15) is 8.78 Å². The number of benzene rings is 1. The molecule has 0 aromatic heterocycles. The van der Waals surface area contributed by atoms with Gasteiger partial charge in [-0.2, -0.15) is 8.78 Å². The van der Waals surface area contributed by atoms with Crippen LogP contribution in [0.25, 0.3) is 0 Å². The van der Waals surface area contributed by atoms with Gasteiger partial charge in [0.1, 0.15) is 0 Å². The minimum atomic E-state index is -2.85. The maximum Gasteiger partial charge on any atom is 0.387 e. The summed E-state index contributed by atoms with van der Waals surface area (Å²) in [6, 6.07) is 5.69. The van der Waals surface area contributed by atoms with Crippen LogP contribution in [0.3, 0.4) is 0 Å². The summed E-state index contributed by atoms with van der Waals surface area (Å²) in [5.74, 6) is 0.415. The van der Waals surface area contributed by atoms with Crippen LogP contribution < -0.4 is 14.8 Å². The molecular formula is C15H23ClF2N2O2. The third-order valence-electron chi connectivity index (χ3n) is 3.76. The molecule has 1 aromatic rings. The second-order valence-corrected chi connectivity index (χ2v) is 5.23. The second kappa shape index (κ2) is 9.12. The third-order valence-corrected chi connectivity index (χ3v) is 3.76. The number of ether oxygens (including phenoxy) is 2. The number of nitrogens with zero attached hydrogens (tertiary/aromatic N) is 1. The van der Waals surface area contributed by atoms with Gasteiger partial charge in [-0.3, -0.25) is 4.90 Å². The van der Waals surface area contributed by atoms with E-state index >= 15 is 0 Å². The summed E-state index contributed by atoms with van der Waals surface area (Å²) < 4.78 is 34.4. The van der Waals surface area contributed by atoms with Crippen molar-refractivity contribution in [1.82, 2.24) is 10.2 Å². The molecule has 1 aromatic carbocycles. The van der Waals surface area contributed by atoms with Crippen LogP contribution in [0.5, 0.6) is 11.5 Å². The Kier molecular flexibility index (Phi) is 7.85.